The van der Waals surface area contributed by atoms with Crippen LogP contribution in [0.4, 0.5) is 0 Å². The minimum absolute atomic E-state index is 0.00841. The van der Waals surface area contributed by atoms with Crippen molar-refractivity contribution in [3.63, 3.8) is 0 Å². The van der Waals surface area contributed by atoms with E-state index in [-0.39, 0.29) is 12.6 Å². The molecule has 0 unspecified atom stereocenters. The van der Waals surface area contributed by atoms with Gasteiger partial charge in [-0.3, -0.25) is 0 Å². The first-order valence-corrected chi connectivity index (χ1v) is 7.67. The lowest BCUT2D eigenvalue weighted by atomic mass is 10.1. The summed E-state index contributed by atoms with van der Waals surface area (Å²) in [7, 11) is 0. The lowest BCUT2D eigenvalue weighted by molar-refractivity contribution is -0.148. The van der Waals surface area contributed by atoms with E-state index >= 15 is 0 Å². The molecule has 0 fully saturated rings. The quantitative estimate of drug-likeness (QED) is 0.467. The maximum absolute atomic E-state index is 11.1. The van der Waals surface area contributed by atoms with Gasteiger partial charge in [0.15, 0.2) is 0 Å². The number of hydrogen-bond donors (Lipinski definition) is 0. The Morgan fingerprint density at radius 1 is 0.957 bits per heavy atom. The third-order valence-electron chi connectivity index (χ3n) is 3.14. The topological polar surface area (TPSA) is 35.5 Å². The van der Waals surface area contributed by atoms with Gasteiger partial charge in [-0.2, -0.15) is 0 Å². The fourth-order valence-corrected chi connectivity index (χ4v) is 1.97. The lowest BCUT2D eigenvalue weighted by Crippen LogP contribution is -2.13. The number of rotatable bonds is 6. The van der Waals surface area contributed by atoms with Crippen molar-refractivity contribution in [2.75, 3.05) is 19.8 Å². The second-order valence-corrected chi connectivity index (χ2v) is 4.92. The molecule has 0 saturated heterocycles. The van der Waals surface area contributed by atoms with Gasteiger partial charge in [-0.25, -0.2) is 4.79 Å². The van der Waals surface area contributed by atoms with Crippen LogP contribution in [0.15, 0.2) is 54.6 Å². The van der Waals surface area contributed by atoms with Crippen LogP contribution in [0.1, 0.15) is 23.6 Å². The summed E-state index contributed by atoms with van der Waals surface area (Å²) in [6.07, 6.45) is 0.756. The molecule has 0 aromatic heterocycles. The zero-order valence-electron chi connectivity index (χ0n) is 13.2. The van der Waals surface area contributed by atoms with Crippen LogP contribution in [0, 0.1) is 11.8 Å². The minimum atomic E-state index is -0.320. The van der Waals surface area contributed by atoms with Gasteiger partial charge in [0.25, 0.3) is 0 Å². The molecule has 3 heteroatoms. The SMILES string of the molecule is CCOC(=O)COCCc1ccc(C#Cc2ccccc2)cc1. The summed E-state index contributed by atoms with van der Waals surface area (Å²) in [5.74, 6) is 5.95. The number of esters is 1. The Morgan fingerprint density at radius 2 is 1.61 bits per heavy atom. The average Bonchev–Trinajstić information content (AvgIpc) is 2.59. The Morgan fingerprint density at radius 3 is 2.26 bits per heavy atom. The third kappa shape index (κ3) is 6.37. The fraction of sp³-hybridized carbons (Fsp3) is 0.250. The van der Waals surface area contributed by atoms with Crippen molar-refractivity contribution in [3.05, 3.63) is 71.3 Å². The zero-order chi connectivity index (χ0) is 16.3. The third-order valence-corrected chi connectivity index (χ3v) is 3.14. The van der Waals surface area contributed by atoms with E-state index in [2.05, 4.69) is 11.8 Å². The number of ether oxygens (including phenoxy) is 2. The van der Waals surface area contributed by atoms with Gasteiger partial charge in [0.05, 0.1) is 13.2 Å². The smallest absolute Gasteiger partial charge is 0.332 e. The normalized spacial score (nSPS) is 9.78. The van der Waals surface area contributed by atoms with Crippen molar-refractivity contribution < 1.29 is 14.3 Å². The van der Waals surface area contributed by atoms with Gasteiger partial charge in [0, 0.05) is 11.1 Å². The molecule has 118 valence electrons. The summed E-state index contributed by atoms with van der Waals surface area (Å²) >= 11 is 0. The molecule has 0 aliphatic carbocycles. The van der Waals surface area contributed by atoms with Gasteiger partial charge in [-0.05, 0) is 43.2 Å². The minimum Gasteiger partial charge on any atom is -0.464 e. The van der Waals surface area contributed by atoms with E-state index in [0.717, 1.165) is 23.1 Å². The highest BCUT2D eigenvalue weighted by atomic mass is 16.6. The van der Waals surface area contributed by atoms with Gasteiger partial charge >= 0.3 is 5.97 Å². The molecular formula is C20H20O3. The monoisotopic (exact) mass is 308 g/mol. The maximum Gasteiger partial charge on any atom is 0.332 e. The molecule has 0 atom stereocenters. The Labute approximate surface area is 137 Å². The molecule has 0 heterocycles. The Kier molecular flexibility index (Phi) is 6.90. The summed E-state index contributed by atoms with van der Waals surface area (Å²) < 4.78 is 10.1. The number of carbonyl (C=O) groups excluding carboxylic acids is 1. The van der Waals surface area contributed by atoms with E-state index in [1.807, 2.05) is 54.6 Å². The summed E-state index contributed by atoms with van der Waals surface area (Å²) in [6, 6.07) is 18.0. The van der Waals surface area contributed by atoms with E-state index in [1.165, 1.54) is 0 Å². The van der Waals surface area contributed by atoms with Crippen molar-refractivity contribution in [2.24, 2.45) is 0 Å². The second kappa shape index (κ2) is 9.45. The van der Waals surface area contributed by atoms with Crippen molar-refractivity contribution in [1.82, 2.24) is 0 Å². The van der Waals surface area contributed by atoms with Gasteiger partial charge < -0.3 is 9.47 Å². The molecule has 0 spiro atoms. The van der Waals surface area contributed by atoms with Crippen molar-refractivity contribution >= 4 is 5.97 Å². The molecule has 2 aromatic carbocycles. The number of carbonyl (C=O) groups is 1. The van der Waals surface area contributed by atoms with Crippen LogP contribution < -0.4 is 0 Å². The maximum atomic E-state index is 11.1. The largest absolute Gasteiger partial charge is 0.464 e. The Balaban J connectivity index is 1.79. The lowest BCUT2D eigenvalue weighted by Gasteiger charge is -2.04. The molecule has 3 nitrogen and oxygen atoms in total. The van der Waals surface area contributed by atoms with Crippen molar-refractivity contribution in [3.8, 4) is 11.8 Å². The van der Waals surface area contributed by atoms with E-state index in [4.69, 9.17) is 9.47 Å². The van der Waals surface area contributed by atoms with E-state index in [9.17, 15) is 4.79 Å². The van der Waals surface area contributed by atoms with Gasteiger partial charge in [0.1, 0.15) is 6.61 Å². The van der Waals surface area contributed by atoms with Crippen LogP contribution in [0.2, 0.25) is 0 Å². The molecule has 2 rings (SSSR count). The molecule has 2 aromatic rings. The molecule has 0 radical (unpaired) electrons. The molecule has 0 aliphatic heterocycles. The van der Waals surface area contributed by atoms with Crippen LogP contribution in [0.25, 0.3) is 0 Å². The Bertz CT molecular complexity index is 664. The number of hydrogen-bond acceptors (Lipinski definition) is 3. The van der Waals surface area contributed by atoms with Crippen LogP contribution in [0.5, 0.6) is 0 Å². The summed E-state index contributed by atoms with van der Waals surface area (Å²) in [5, 5.41) is 0. The van der Waals surface area contributed by atoms with Crippen LogP contribution >= 0.6 is 0 Å². The van der Waals surface area contributed by atoms with Crippen LogP contribution in [-0.4, -0.2) is 25.8 Å². The van der Waals surface area contributed by atoms with E-state index in [1.54, 1.807) is 6.92 Å². The van der Waals surface area contributed by atoms with Crippen molar-refractivity contribution in [2.45, 2.75) is 13.3 Å². The number of benzene rings is 2. The predicted molar refractivity (Wildman–Crippen MR) is 90.0 cm³/mol. The van der Waals surface area contributed by atoms with Crippen LogP contribution in [0.3, 0.4) is 0 Å². The molecular weight excluding hydrogens is 288 g/mol. The first-order valence-electron chi connectivity index (χ1n) is 7.67. The summed E-state index contributed by atoms with van der Waals surface area (Å²) in [6.45, 7) is 2.66. The highest BCUT2D eigenvalue weighted by Gasteiger charge is 2.01. The van der Waals surface area contributed by atoms with Crippen molar-refractivity contribution in [1.29, 1.82) is 0 Å². The van der Waals surface area contributed by atoms with Gasteiger partial charge in [-0.15, -0.1) is 0 Å². The van der Waals surface area contributed by atoms with Gasteiger partial charge in [0.2, 0.25) is 0 Å². The highest BCUT2D eigenvalue weighted by molar-refractivity contribution is 5.70. The standard InChI is InChI=1S/C20H20O3/c1-2-23-20(21)16-22-15-14-19-12-10-18(11-13-19)9-8-17-6-4-3-5-7-17/h3-7,10-13H,2,14-16H2,1H3. The highest BCUT2D eigenvalue weighted by Crippen LogP contribution is 2.05. The van der Waals surface area contributed by atoms with E-state index < -0.39 is 0 Å². The first kappa shape index (κ1) is 16.8. The fourth-order valence-electron chi connectivity index (χ4n) is 1.97. The molecule has 0 aliphatic rings. The summed E-state index contributed by atoms with van der Waals surface area (Å²) in [4.78, 5) is 11.1. The predicted octanol–water partition coefficient (Wildman–Crippen LogP) is 3.21. The first-order chi connectivity index (χ1) is 11.3. The molecule has 0 saturated carbocycles. The molecule has 23 heavy (non-hydrogen) atoms. The zero-order valence-corrected chi connectivity index (χ0v) is 13.2. The van der Waals surface area contributed by atoms with E-state index in [0.29, 0.717) is 13.2 Å². The average molecular weight is 308 g/mol. The molecule has 0 N–H and O–H groups in total. The summed E-state index contributed by atoms with van der Waals surface area (Å²) in [5.41, 5.74) is 3.13. The molecule has 0 bridgehead atoms. The molecule has 0 amide bonds. The van der Waals surface area contributed by atoms with Crippen LogP contribution in [-0.2, 0) is 20.7 Å². The Hall–Kier alpha value is -2.57. The van der Waals surface area contributed by atoms with Gasteiger partial charge in [-0.1, -0.05) is 42.2 Å². The second-order valence-electron chi connectivity index (χ2n) is 4.92.